The standard InChI is InChI=1S/C16H15NO3/c1-19-15(18)16(8-17)11-7-10(13-14(11)20-13)12(16)9-5-3-2-4-6-9/h2-6,10-14H,7H2,1H3/t10-,11-,12+,13+,14-,16+/m0/s1. The summed E-state index contributed by atoms with van der Waals surface area (Å²) in [4.78, 5) is 12.4. The van der Waals surface area contributed by atoms with E-state index in [2.05, 4.69) is 6.07 Å². The zero-order valence-corrected chi connectivity index (χ0v) is 11.2. The lowest BCUT2D eigenvalue weighted by Gasteiger charge is -2.34. The van der Waals surface area contributed by atoms with Crippen molar-refractivity contribution in [1.29, 1.82) is 5.26 Å². The summed E-state index contributed by atoms with van der Waals surface area (Å²) in [6, 6.07) is 12.2. The van der Waals surface area contributed by atoms with Gasteiger partial charge in [-0.25, -0.2) is 0 Å². The third kappa shape index (κ3) is 1.22. The average Bonchev–Trinajstić information content (AvgIpc) is 3.14. The Labute approximate surface area is 117 Å². The van der Waals surface area contributed by atoms with Gasteiger partial charge in [0.2, 0.25) is 0 Å². The van der Waals surface area contributed by atoms with Gasteiger partial charge in [-0.3, -0.25) is 4.79 Å². The Morgan fingerprint density at radius 3 is 2.80 bits per heavy atom. The molecule has 102 valence electrons. The summed E-state index contributed by atoms with van der Waals surface area (Å²) in [5.41, 5.74) is -0.0424. The van der Waals surface area contributed by atoms with Crippen LogP contribution in [0.2, 0.25) is 0 Å². The highest BCUT2D eigenvalue weighted by molar-refractivity contribution is 5.83. The number of fused-ring (bicyclic) bond motifs is 5. The highest BCUT2D eigenvalue weighted by atomic mass is 16.6. The van der Waals surface area contributed by atoms with Crippen LogP contribution in [0.25, 0.3) is 0 Å². The molecule has 0 aromatic heterocycles. The lowest BCUT2D eigenvalue weighted by molar-refractivity contribution is -0.152. The molecule has 0 N–H and O–H groups in total. The maximum Gasteiger partial charge on any atom is 0.327 e. The van der Waals surface area contributed by atoms with E-state index in [-0.39, 0.29) is 30.0 Å². The summed E-state index contributed by atoms with van der Waals surface area (Å²) in [7, 11) is 1.36. The lowest BCUT2D eigenvalue weighted by atomic mass is 9.64. The third-order valence-electron chi connectivity index (χ3n) is 5.28. The molecular formula is C16H15NO3. The number of carbonyl (C=O) groups excluding carboxylic acids is 1. The first-order valence-corrected chi connectivity index (χ1v) is 6.94. The van der Waals surface area contributed by atoms with Crippen molar-refractivity contribution in [2.45, 2.75) is 24.5 Å². The summed E-state index contributed by atoms with van der Waals surface area (Å²) in [5, 5.41) is 9.80. The van der Waals surface area contributed by atoms with Gasteiger partial charge in [0.25, 0.3) is 0 Å². The van der Waals surface area contributed by atoms with E-state index < -0.39 is 11.4 Å². The van der Waals surface area contributed by atoms with Crippen LogP contribution < -0.4 is 0 Å². The second kappa shape index (κ2) is 3.83. The van der Waals surface area contributed by atoms with E-state index in [0.29, 0.717) is 0 Å². The Hall–Kier alpha value is -1.86. The van der Waals surface area contributed by atoms with E-state index in [9.17, 15) is 10.1 Å². The van der Waals surface area contributed by atoms with Crippen molar-refractivity contribution in [2.24, 2.45) is 17.3 Å². The van der Waals surface area contributed by atoms with Gasteiger partial charge in [0.15, 0.2) is 5.41 Å². The lowest BCUT2D eigenvalue weighted by Crippen LogP contribution is -2.44. The van der Waals surface area contributed by atoms with Gasteiger partial charge >= 0.3 is 5.97 Å². The van der Waals surface area contributed by atoms with Gasteiger partial charge in [-0.05, 0) is 17.9 Å². The number of epoxide rings is 1. The van der Waals surface area contributed by atoms with Crippen molar-refractivity contribution in [3.63, 3.8) is 0 Å². The third-order valence-corrected chi connectivity index (χ3v) is 5.28. The summed E-state index contributed by atoms with van der Waals surface area (Å²) in [6.07, 6.45) is 1.20. The van der Waals surface area contributed by atoms with Crippen molar-refractivity contribution in [1.82, 2.24) is 0 Å². The second-order valence-electron chi connectivity index (χ2n) is 5.93. The molecule has 0 unspecified atom stereocenters. The van der Waals surface area contributed by atoms with Crippen molar-refractivity contribution in [3.05, 3.63) is 35.9 Å². The van der Waals surface area contributed by atoms with Crippen LogP contribution in [-0.2, 0) is 14.3 Å². The SMILES string of the molecule is COC(=O)[C@@]1(C#N)[C@H](c2ccccc2)[C@@H]2C[C@H]1[C@@H]1O[C@H]21. The van der Waals surface area contributed by atoms with Crippen LogP contribution in [-0.4, -0.2) is 25.3 Å². The molecule has 0 amide bonds. The minimum atomic E-state index is -1.08. The number of hydrogen-bond acceptors (Lipinski definition) is 4. The zero-order chi connectivity index (χ0) is 13.9. The molecule has 6 atom stereocenters. The van der Waals surface area contributed by atoms with E-state index in [1.807, 2.05) is 30.3 Å². The Kier molecular flexibility index (Phi) is 2.28. The average molecular weight is 269 g/mol. The summed E-state index contributed by atoms with van der Waals surface area (Å²) in [5.74, 6) is -0.295. The summed E-state index contributed by atoms with van der Waals surface area (Å²) < 4.78 is 10.7. The minimum absolute atomic E-state index is 0.0276. The fourth-order valence-electron chi connectivity index (χ4n) is 4.52. The number of nitriles is 1. The molecule has 1 heterocycles. The number of ether oxygens (including phenoxy) is 2. The molecule has 20 heavy (non-hydrogen) atoms. The molecule has 3 fully saturated rings. The van der Waals surface area contributed by atoms with Crippen molar-refractivity contribution in [2.75, 3.05) is 7.11 Å². The highest BCUT2D eigenvalue weighted by Crippen LogP contribution is 2.70. The van der Waals surface area contributed by atoms with E-state index >= 15 is 0 Å². The zero-order valence-electron chi connectivity index (χ0n) is 11.2. The van der Waals surface area contributed by atoms with Gasteiger partial charge < -0.3 is 9.47 Å². The Balaban J connectivity index is 1.87. The van der Waals surface area contributed by atoms with Gasteiger partial charge in [-0.1, -0.05) is 30.3 Å². The van der Waals surface area contributed by atoms with E-state index in [1.54, 1.807) is 0 Å². The Morgan fingerprint density at radius 1 is 1.40 bits per heavy atom. The first-order valence-electron chi connectivity index (χ1n) is 6.94. The van der Waals surface area contributed by atoms with Crippen LogP contribution in [0.15, 0.2) is 30.3 Å². The number of esters is 1. The van der Waals surface area contributed by atoms with Crippen LogP contribution in [0.4, 0.5) is 0 Å². The number of methoxy groups -OCH3 is 1. The van der Waals surface area contributed by atoms with Crippen molar-refractivity contribution < 1.29 is 14.3 Å². The molecule has 3 aliphatic rings. The fourth-order valence-corrected chi connectivity index (χ4v) is 4.52. The molecule has 1 saturated heterocycles. The largest absolute Gasteiger partial charge is 0.468 e. The van der Waals surface area contributed by atoms with Crippen LogP contribution in [0, 0.1) is 28.6 Å². The van der Waals surface area contributed by atoms with Crippen LogP contribution in [0.1, 0.15) is 17.9 Å². The maximum atomic E-state index is 12.4. The van der Waals surface area contributed by atoms with E-state index in [4.69, 9.17) is 9.47 Å². The molecule has 4 nitrogen and oxygen atoms in total. The topological polar surface area (TPSA) is 62.6 Å². The quantitative estimate of drug-likeness (QED) is 0.607. The monoisotopic (exact) mass is 269 g/mol. The Morgan fingerprint density at radius 2 is 2.15 bits per heavy atom. The van der Waals surface area contributed by atoms with Gasteiger partial charge in [0.05, 0.1) is 25.4 Å². The first-order chi connectivity index (χ1) is 9.74. The molecule has 0 radical (unpaired) electrons. The summed E-state index contributed by atoms with van der Waals surface area (Å²) in [6.45, 7) is 0. The predicted molar refractivity (Wildman–Crippen MR) is 69.5 cm³/mol. The van der Waals surface area contributed by atoms with Crippen LogP contribution >= 0.6 is 0 Å². The number of benzene rings is 1. The number of rotatable bonds is 2. The molecule has 4 rings (SSSR count). The van der Waals surface area contributed by atoms with Crippen LogP contribution in [0.3, 0.4) is 0 Å². The van der Waals surface area contributed by atoms with Gasteiger partial charge in [-0.15, -0.1) is 0 Å². The fraction of sp³-hybridized carbons (Fsp3) is 0.500. The number of hydrogen-bond donors (Lipinski definition) is 0. The maximum absolute atomic E-state index is 12.4. The molecular weight excluding hydrogens is 254 g/mol. The number of nitrogens with zero attached hydrogens (tertiary/aromatic N) is 1. The predicted octanol–water partition coefficient (Wildman–Crippen LogP) is 1.87. The molecule has 2 aliphatic carbocycles. The Bertz CT molecular complexity index is 608. The molecule has 2 bridgehead atoms. The molecule has 1 aliphatic heterocycles. The van der Waals surface area contributed by atoms with Gasteiger partial charge in [0, 0.05) is 11.8 Å². The van der Waals surface area contributed by atoms with Gasteiger partial charge in [-0.2, -0.15) is 5.26 Å². The first kappa shape index (κ1) is 11.9. The van der Waals surface area contributed by atoms with Gasteiger partial charge in [0.1, 0.15) is 0 Å². The smallest absolute Gasteiger partial charge is 0.327 e. The van der Waals surface area contributed by atoms with E-state index in [1.165, 1.54) is 7.11 Å². The second-order valence-corrected chi connectivity index (χ2v) is 5.93. The molecule has 1 aromatic carbocycles. The highest BCUT2D eigenvalue weighted by Gasteiger charge is 2.76. The van der Waals surface area contributed by atoms with Crippen molar-refractivity contribution >= 4 is 5.97 Å². The normalized spacial score (nSPS) is 43.7. The van der Waals surface area contributed by atoms with Crippen molar-refractivity contribution in [3.8, 4) is 6.07 Å². The minimum Gasteiger partial charge on any atom is -0.468 e. The summed E-state index contributed by atoms with van der Waals surface area (Å²) >= 11 is 0. The molecule has 4 heteroatoms. The van der Waals surface area contributed by atoms with E-state index in [0.717, 1.165) is 12.0 Å². The number of carbonyl (C=O) groups is 1. The molecule has 2 saturated carbocycles. The molecule has 1 aromatic rings. The molecule has 0 spiro atoms. The van der Waals surface area contributed by atoms with Crippen LogP contribution in [0.5, 0.6) is 0 Å².